The third kappa shape index (κ3) is 6.11. The van der Waals surface area contributed by atoms with Gasteiger partial charge in [0, 0.05) is 47.9 Å². The summed E-state index contributed by atoms with van der Waals surface area (Å²) in [6, 6.07) is 1.44. The molecule has 0 spiro atoms. The van der Waals surface area contributed by atoms with Crippen molar-refractivity contribution in [3.05, 3.63) is 35.5 Å². The van der Waals surface area contributed by atoms with Gasteiger partial charge < -0.3 is 14.7 Å². The number of ether oxygens (including phenoxy) is 1. The topological polar surface area (TPSA) is 75.6 Å². The number of halogens is 1. The third-order valence-corrected chi connectivity index (χ3v) is 7.84. The van der Waals surface area contributed by atoms with Crippen LogP contribution in [0.5, 0.6) is 5.88 Å². The smallest absolute Gasteiger partial charge is 0.307 e. The maximum absolute atomic E-state index is 15.1. The molecule has 1 aliphatic heterocycles. The first kappa shape index (κ1) is 25.4. The van der Waals surface area contributed by atoms with Gasteiger partial charge in [0.05, 0.1) is 18.7 Å². The van der Waals surface area contributed by atoms with Gasteiger partial charge in [-0.15, -0.1) is 0 Å². The molecule has 3 heterocycles. The predicted octanol–water partition coefficient (Wildman–Crippen LogP) is 6.05. The number of carboxylic acid groups (broad SMARTS) is 1. The summed E-state index contributed by atoms with van der Waals surface area (Å²) in [5, 5.41) is 9.59. The molecule has 1 N–H and O–H groups in total. The van der Waals surface area contributed by atoms with Crippen molar-refractivity contribution in [2.24, 2.45) is 17.3 Å². The summed E-state index contributed by atoms with van der Waals surface area (Å²) in [6.45, 7) is 10.7. The molecule has 2 aromatic heterocycles. The van der Waals surface area contributed by atoms with Gasteiger partial charge >= 0.3 is 5.97 Å². The van der Waals surface area contributed by atoms with E-state index in [-0.39, 0.29) is 17.7 Å². The van der Waals surface area contributed by atoms with Gasteiger partial charge in [-0.25, -0.2) is 9.37 Å². The Labute approximate surface area is 207 Å². The summed E-state index contributed by atoms with van der Waals surface area (Å²) in [5.74, 6) is -0.176. The molecular formula is C28H38FN3O3. The number of anilines is 1. The second-order valence-corrected chi connectivity index (χ2v) is 11.3. The standard InChI is InChI=1S/C28H38FN3O3/c1-18-5-7-20(8-6-18)17-35-27-24(29)13-21(15-31-27)23-16-30-19(2)22(14-25(33)34)26(23)32-11-9-28(3,4)10-12-32/h13,15-16,18,20H,5-12,14,17H2,1-4H3,(H,33,34). The van der Waals surface area contributed by atoms with Crippen molar-refractivity contribution in [2.75, 3.05) is 24.6 Å². The third-order valence-electron chi connectivity index (χ3n) is 7.84. The fraction of sp³-hybridized carbons (Fsp3) is 0.607. The summed E-state index contributed by atoms with van der Waals surface area (Å²) in [4.78, 5) is 22.7. The number of carboxylic acids is 1. The highest BCUT2D eigenvalue weighted by Crippen LogP contribution is 2.40. The number of piperidine rings is 1. The first-order valence-corrected chi connectivity index (χ1v) is 12.9. The Morgan fingerprint density at radius 2 is 1.86 bits per heavy atom. The van der Waals surface area contributed by atoms with Gasteiger partial charge in [0.2, 0.25) is 5.88 Å². The molecule has 1 aliphatic carbocycles. The normalized spacial score (nSPS) is 22.1. The Kier molecular flexibility index (Phi) is 7.62. The Hall–Kier alpha value is -2.70. The highest BCUT2D eigenvalue weighted by Gasteiger charge is 2.29. The lowest BCUT2D eigenvalue weighted by atomic mass is 9.82. The van der Waals surface area contributed by atoms with Crippen molar-refractivity contribution < 1.29 is 19.0 Å². The van der Waals surface area contributed by atoms with Crippen molar-refractivity contribution in [2.45, 2.75) is 72.6 Å². The van der Waals surface area contributed by atoms with E-state index >= 15 is 4.39 Å². The van der Waals surface area contributed by atoms with Gasteiger partial charge in [-0.2, -0.15) is 0 Å². The minimum absolute atomic E-state index is 0.0273. The summed E-state index contributed by atoms with van der Waals surface area (Å²) < 4.78 is 20.9. The van der Waals surface area contributed by atoms with E-state index < -0.39 is 11.8 Å². The van der Waals surface area contributed by atoms with Crippen LogP contribution in [0.15, 0.2) is 18.5 Å². The lowest BCUT2D eigenvalue weighted by molar-refractivity contribution is -0.136. The molecular weight excluding hydrogens is 445 g/mol. The van der Waals surface area contributed by atoms with Crippen molar-refractivity contribution in [3.63, 3.8) is 0 Å². The van der Waals surface area contributed by atoms with Gasteiger partial charge in [-0.3, -0.25) is 9.78 Å². The zero-order chi connectivity index (χ0) is 25.2. The Balaban J connectivity index is 1.62. The Bertz CT molecular complexity index is 1050. The molecule has 0 atom stereocenters. The molecule has 2 aliphatic rings. The van der Waals surface area contributed by atoms with Crippen LogP contribution in [0, 0.1) is 30.0 Å². The molecule has 1 saturated carbocycles. The average Bonchev–Trinajstić information content (AvgIpc) is 2.80. The lowest BCUT2D eigenvalue weighted by Gasteiger charge is -2.40. The van der Waals surface area contributed by atoms with Crippen LogP contribution >= 0.6 is 0 Å². The summed E-state index contributed by atoms with van der Waals surface area (Å²) in [6.07, 6.45) is 9.82. The Morgan fingerprint density at radius 1 is 1.17 bits per heavy atom. The van der Waals surface area contributed by atoms with Crippen LogP contribution in [0.3, 0.4) is 0 Å². The van der Waals surface area contributed by atoms with E-state index in [0.29, 0.717) is 34.9 Å². The zero-order valence-corrected chi connectivity index (χ0v) is 21.4. The average molecular weight is 484 g/mol. The number of carbonyl (C=O) groups is 1. The number of hydrogen-bond acceptors (Lipinski definition) is 5. The van der Waals surface area contributed by atoms with Gasteiger partial charge in [-0.05, 0) is 55.9 Å². The number of pyridine rings is 2. The molecule has 0 bridgehead atoms. The second-order valence-electron chi connectivity index (χ2n) is 11.3. The number of nitrogens with zero attached hydrogens (tertiary/aromatic N) is 3. The van der Waals surface area contributed by atoms with E-state index in [2.05, 4.69) is 35.6 Å². The van der Waals surface area contributed by atoms with Crippen molar-refractivity contribution in [1.82, 2.24) is 9.97 Å². The lowest BCUT2D eigenvalue weighted by Crippen LogP contribution is -2.38. The fourth-order valence-electron chi connectivity index (χ4n) is 5.28. The van der Waals surface area contributed by atoms with E-state index in [9.17, 15) is 9.90 Å². The highest BCUT2D eigenvalue weighted by atomic mass is 19.1. The van der Waals surface area contributed by atoms with E-state index in [1.165, 1.54) is 18.9 Å². The molecule has 7 heteroatoms. The highest BCUT2D eigenvalue weighted by molar-refractivity contribution is 5.84. The van der Waals surface area contributed by atoms with Crippen LogP contribution in [0.1, 0.15) is 70.6 Å². The van der Waals surface area contributed by atoms with Crippen LogP contribution in [0.25, 0.3) is 11.1 Å². The number of rotatable bonds is 7. The first-order chi connectivity index (χ1) is 16.6. The van der Waals surface area contributed by atoms with Crippen molar-refractivity contribution >= 4 is 11.7 Å². The van der Waals surface area contributed by atoms with Crippen molar-refractivity contribution in [1.29, 1.82) is 0 Å². The van der Waals surface area contributed by atoms with Gasteiger partial charge in [0.15, 0.2) is 5.82 Å². The minimum Gasteiger partial charge on any atom is -0.481 e. The number of aliphatic carboxylic acids is 1. The minimum atomic E-state index is -0.907. The van der Waals surface area contributed by atoms with E-state index in [4.69, 9.17) is 4.74 Å². The monoisotopic (exact) mass is 483 g/mol. The molecule has 2 fully saturated rings. The predicted molar refractivity (Wildman–Crippen MR) is 135 cm³/mol. The fourth-order valence-corrected chi connectivity index (χ4v) is 5.28. The van der Waals surface area contributed by atoms with Crippen LogP contribution < -0.4 is 9.64 Å². The van der Waals surface area contributed by atoms with Gasteiger partial charge in [0.25, 0.3) is 0 Å². The quantitative estimate of drug-likeness (QED) is 0.517. The molecule has 1 saturated heterocycles. The molecule has 0 radical (unpaired) electrons. The maximum Gasteiger partial charge on any atom is 0.307 e. The molecule has 4 rings (SSSR count). The molecule has 35 heavy (non-hydrogen) atoms. The first-order valence-electron chi connectivity index (χ1n) is 12.9. The largest absolute Gasteiger partial charge is 0.481 e. The maximum atomic E-state index is 15.1. The van der Waals surface area contributed by atoms with Crippen LogP contribution in [-0.2, 0) is 11.2 Å². The van der Waals surface area contributed by atoms with E-state index in [1.54, 1.807) is 12.4 Å². The van der Waals surface area contributed by atoms with Crippen LogP contribution in [0.4, 0.5) is 10.1 Å². The Morgan fingerprint density at radius 3 is 2.49 bits per heavy atom. The number of aromatic nitrogens is 2. The SMILES string of the molecule is Cc1ncc(-c2cnc(OCC3CCC(C)CC3)c(F)c2)c(N2CCC(C)(C)CC2)c1CC(=O)O. The van der Waals surface area contributed by atoms with Gasteiger partial charge in [0.1, 0.15) is 0 Å². The summed E-state index contributed by atoms with van der Waals surface area (Å²) in [5.41, 5.74) is 3.75. The van der Waals surface area contributed by atoms with Crippen LogP contribution in [-0.4, -0.2) is 40.7 Å². The van der Waals surface area contributed by atoms with E-state index in [1.807, 2.05) is 6.92 Å². The molecule has 0 aromatic carbocycles. The van der Waals surface area contributed by atoms with Crippen molar-refractivity contribution in [3.8, 4) is 17.0 Å². The van der Waals surface area contributed by atoms with E-state index in [0.717, 1.165) is 50.4 Å². The molecule has 190 valence electrons. The van der Waals surface area contributed by atoms with Crippen LogP contribution in [0.2, 0.25) is 0 Å². The molecule has 0 unspecified atom stereocenters. The summed E-state index contributed by atoms with van der Waals surface area (Å²) >= 11 is 0. The van der Waals surface area contributed by atoms with Gasteiger partial charge in [-0.1, -0.05) is 33.6 Å². The zero-order valence-electron chi connectivity index (χ0n) is 21.4. The molecule has 2 aromatic rings. The summed E-state index contributed by atoms with van der Waals surface area (Å²) in [7, 11) is 0. The molecule has 6 nitrogen and oxygen atoms in total. The number of aryl methyl sites for hydroxylation is 1. The molecule has 0 amide bonds. The number of hydrogen-bond donors (Lipinski definition) is 1. The second kappa shape index (κ2) is 10.5.